The highest BCUT2D eigenvalue weighted by atomic mass is 15.2. The van der Waals surface area contributed by atoms with Gasteiger partial charge in [-0.1, -0.05) is 94.4 Å². The van der Waals surface area contributed by atoms with Crippen molar-refractivity contribution < 1.29 is 4.57 Å². The maximum absolute atomic E-state index is 2.57. The number of imidazole rings is 1. The summed E-state index contributed by atoms with van der Waals surface area (Å²) in [5.41, 5.74) is 8.09. The number of benzene rings is 3. The van der Waals surface area contributed by atoms with Crippen LogP contribution in [0.5, 0.6) is 0 Å². The Morgan fingerprint density at radius 3 is 2.15 bits per heavy atom. The molecule has 0 radical (unpaired) electrons. The summed E-state index contributed by atoms with van der Waals surface area (Å²) >= 11 is 0. The molecule has 1 aromatic heterocycles. The molecule has 0 bridgehead atoms. The van der Waals surface area contributed by atoms with Gasteiger partial charge in [0.1, 0.15) is 23.6 Å². The molecule has 0 saturated heterocycles. The molecule has 3 aromatic carbocycles. The van der Waals surface area contributed by atoms with Crippen molar-refractivity contribution in [3.05, 3.63) is 96.3 Å². The van der Waals surface area contributed by atoms with Crippen LogP contribution in [0.1, 0.15) is 58.6 Å². The van der Waals surface area contributed by atoms with Gasteiger partial charge in [-0.15, -0.1) is 0 Å². The molecule has 4 aromatic rings. The molecule has 0 spiro atoms. The van der Waals surface area contributed by atoms with E-state index in [2.05, 4.69) is 129 Å². The molecule has 0 aliphatic carbocycles. The molecule has 2 heteroatoms. The average Bonchev–Trinajstić information content (AvgIpc) is 3.32. The number of rotatable bonds is 5. The monoisotopic (exact) mass is 435 g/mol. The van der Waals surface area contributed by atoms with E-state index < -0.39 is 0 Å². The molecule has 0 N–H and O–H groups in total. The van der Waals surface area contributed by atoms with Crippen LogP contribution in [0.25, 0.3) is 28.2 Å². The van der Waals surface area contributed by atoms with Gasteiger partial charge in [-0.3, -0.25) is 0 Å². The van der Waals surface area contributed by atoms with Crippen LogP contribution in [0.15, 0.2) is 85.2 Å². The third-order valence-electron chi connectivity index (χ3n) is 8.53. The lowest BCUT2D eigenvalue weighted by atomic mass is 9.61. The van der Waals surface area contributed by atoms with Gasteiger partial charge >= 0.3 is 0 Å². The van der Waals surface area contributed by atoms with E-state index in [4.69, 9.17) is 0 Å². The molecule has 2 unspecified atom stereocenters. The Kier molecular flexibility index (Phi) is 5.28. The van der Waals surface area contributed by atoms with Crippen molar-refractivity contribution in [3.8, 4) is 28.2 Å². The third-order valence-corrected chi connectivity index (χ3v) is 8.53. The SMILES string of the molecule is CCc1cccc(-c2ccccc2)c1-n1cc[n+]2c1-c1ccccc1C(C)(CC)C2(C)CC. The average molecular weight is 436 g/mol. The number of hydrogen-bond donors (Lipinski definition) is 0. The van der Waals surface area contributed by atoms with Crippen LogP contribution in [0.4, 0.5) is 0 Å². The van der Waals surface area contributed by atoms with Crippen molar-refractivity contribution in [2.75, 3.05) is 0 Å². The Labute approximate surface area is 198 Å². The number of aromatic nitrogens is 2. The van der Waals surface area contributed by atoms with E-state index in [-0.39, 0.29) is 11.0 Å². The summed E-state index contributed by atoms with van der Waals surface area (Å²) in [5.74, 6) is 1.29. The van der Waals surface area contributed by atoms with E-state index in [1.807, 2.05) is 0 Å². The van der Waals surface area contributed by atoms with E-state index in [0.29, 0.717) is 0 Å². The summed E-state index contributed by atoms with van der Waals surface area (Å²) in [4.78, 5) is 0. The smallest absolute Gasteiger partial charge is 0.224 e. The summed E-state index contributed by atoms with van der Waals surface area (Å²) < 4.78 is 5.03. The number of hydrogen-bond acceptors (Lipinski definition) is 0. The van der Waals surface area contributed by atoms with Crippen LogP contribution in [-0.4, -0.2) is 4.57 Å². The minimum atomic E-state index is -0.00917. The molecule has 0 amide bonds. The molecule has 168 valence electrons. The molecule has 5 rings (SSSR count). The summed E-state index contributed by atoms with van der Waals surface area (Å²) in [5, 5.41) is 0. The first-order valence-electron chi connectivity index (χ1n) is 12.4. The molecule has 2 atom stereocenters. The van der Waals surface area contributed by atoms with E-state index in [0.717, 1.165) is 19.3 Å². The lowest BCUT2D eigenvalue weighted by Gasteiger charge is -2.47. The second kappa shape index (κ2) is 8.02. The second-order valence-corrected chi connectivity index (χ2v) is 9.75. The van der Waals surface area contributed by atoms with Crippen molar-refractivity contribution >= 4 is 0 Å². The maximum Gasteiger partial charge on any atom is 0.294 e. The van der Waals surface area contributed by atoms with Gasteiger partial charge in [0, 0.05) is 11.0 Å². The summed E-state index contributed by atoms with van der Waals surface area (Å²) in [6.45, 7) is 11.8. The van der Waals surface area contributed by atoms with Gasteiger partial charge in [-0.25, -0.2) is 4.57 Å². The number of aryl methyl sites for hydroxylation is 1. The largest absolute Gasteiger partial charge is 0.294 e. The normalized spacial score (nSPS) is 21.5. The predicted molar refractivity (Wildman–Crippen MR) is 138 cm³/mol. The Morgan fingerprint density at radius 1 is 0.758 bits per heavy atom. The van der Waals surface area contributed by atoms with Gasteiger partial charge < -0.3 is 0 Å². The summed E-state index contributed by atoms with van der Waals surface area (Å²) in [6.07, 6.45) is 7.79. The first kappa shape index (κ1) is 21.7. The van der Waals surface area contributed by atoms with E-state index >= 15 is 0 Å². The molecule has 2 nitrogen and oxygen atoms in total. The number of fused-ring (bicyclic) bond motifs is 3. The van der Waals surface area contributed by atoms with Gasteiger partial charge in [0.15, 0.2) is 0 Å². The fraction of sp³-hybridized carbons (Fsp3) is 0.323. The Balaban J connectivity index is 1.87. The van der Waals surface area contributed by atoms with Crippen LogP contribution in [-0.2, 0) is 17.4 Å². The lowest BCUT2D eigenvalue weighted by Crippen LogP contribution is -2.67. The third kappa shape index (κ3) is 2.96. The van der Waals surface area contributed by atoms with Gasteiger partial charge in [0.05, 0.1) is 5.56 Å². The van der Waals surface area contributed by atoms with Crippen molar-refractivity contribution in [3.63, 3.8) is 0 Å². The summed E-state index contributed by atoms with van der Waals surface area (Å²) in [7, 11) is 0. The first-order chi connectivity index (χ1) is 16.0. The van der Waals surface area contributed by atoms with Gasteiger partial charge in [0.25, 0.3) is 5.82 Å². The van der Waals surface area contributed by atoms with Crippen LogP contribution in [0.3, 0.4) is 0 Å². The number of para-hydroxylation sites is 1. The van der Waals surface area contributed by atoms with Crippen molar-refractivity contribution in [2.45, 2.75) is 64.8 Å². The Morgan fingerprint density at radius 2 is 1.45 bits per heavy atom. The van der Waals surface area contributed by atoms with Crippen LogP contribution in [0.2, 0.25) is 0 Å². The molecular weight excluding hydrogens is 400 g/mol. The van der Waals surface area contributed by atoms with Crippen molar-refractivity contribution in [1.82, 2.24) is 4.57 Å². The molecule has 0 saturated carbocycles. The van der Waals surface area contributed by atoms with Crippen LogP contribution < -0.4 is 4.57 Å². The van der Waals surface area contributed by atoms with Gasteiger partial charge in [0.2, 0.25) is 0 Å². The fourth-order valence-corrected chi connectivity index (χ4v) is 6.09. The highest BCUT2D eigenvalue weighted by Gasteiger charge is 2.55. The zero-order valence-electron chi connectivity index (χ0n) is 20.6. The Hall–Kier alpha value is -3.13. The van der Waals surface area contributed by atoms with Crippen molar-refractivity contribution in [2.24, 2.45) is 0 Å². The van der Waals surface area contributed by atoms with Gasteiger partial charge in [-0.2, -0.15) is 4.57 Å². The Bertz CT molecular complexity index is 1300. The number of nitrogens with zero attached hydrogens (tertiary/aromatic N) is 2. The van der Waals surface area contributed by atoms with Crippen molar-refractivity contribution in [1.29, 1.82) is 0 Å². The molecule has 0 fully saturated rings. The quantitative estimate of drug-likeness (QED) is 0.288. The zero-order chi connectivity index (χ0) is 23.2. The van der Waals surface area contributed by atoms with E-state index in [1.165, 1.54) is 39.3 Å². The second-order valence-electron chi connectivity index (χ2n) is 9.75. The van der Waals surface area contributed by atoms with Crippen LogP contribution >= 0.6 is 0 Å². The standard InChI is InChI=1S/C31H35N2/c1-6-23-17-14-19-25(24-15-10-9-11-16-24)28(23)32-21-22-33-29(32)26-18-12-13-20-27(26)30(4,7-2)31(33,5)8-3/h9-22H,6-8H2,1-5H3/q+1. The molecule has 1 aliphatic heterocycles. The molecule has 1 aliphatic rings. The fourth-order valence-electron chi connectivity index (χ4n) is 6.09. The van der Waals surface area contributed by atoms with Gasteiger partial charge in [-0.05, 0) is 48.9 Å². The van der Waals surface area contributed by atoms with E-state index in [9.17, 15) is 0 Å². The summed E-state index contributed by atoms with van der Waals surface area (Å²) in [6, 6.07) is 26.6. The molecular formula is C31H35N2+. The molecule has 33 heavy (non-hydrogen) atoms. The minimum absolute atomic E-state index is 0.00917. The van der Waals surface area contributed by atoms with E-state index in [1.54, 1.807) is 0 Å². The predicted octanol–water partition coefficient (Wildman–Crippen LogP) is 7.47. The topological polar surface area (TPSA) is 8.81 Å². The first-order valence-corrected chi connectivity index (χ1v) is 12.4. The minimum Gasteiger partial charge on any atom is -0.224 e. The zero-order valence-corrected chi connectivity index (χ0v) is 20.6. The highest BCUT2D eigenvalue weighted by molar-refractivity contribution is 5.77. The lowest BCUT2D eigenvalue weighted by molar-refractivity contribution is -0.764. The maximum atomic E-state index is 2.57. The molecule has 2 heterocycles. The highest BCUT2D eigenvalue weighted by Crippen LogP contribution is 2.50. The van der Waals surface area contributed by atoms with Crippen LogP contribution in [0, 0.1) is 0 Å².